The summed E-state index contributed by atoms with van der Waals surface area (Å²) in [7, 11) is 4.05. The SMILES string of the molecule is CN1CCC(CN(C)C(=O)CCBr)C1. The molecule has 0 aromatic carbocycles. The minimum atomic E-state index is 0.247. The van der Waals surface area contributed by atoms with E-state index in [4.69, 9.17) is 0 Å². The van der Waals surface area contributed by atoms with Gasteiger partial charge in [-0.2, -0.15) is 0 Å². The molecule has 0 aromatic rings. The molecule has 4 heteroatoms. The fraction of sp³-hybridized carbons (Fsp3) is 0.900. The number of nitrogens with zero attached hydrogens (tertiary/aromatic N) is 2. The van der Waals surface area contributed by atoms with Crippen LogP contribution in [0.5, 0.6) is 0 Å². The van der Waals surface area contributed by atoms with Gasteiger partial charge < -0.3 is 9.80 Å². The molecule has 1 amide bonds. The Labute approximate surface area is 94.6 Å². The van der Waals surface area contributed by atoms with Gasteiger partial charge in [-0.15, -0.1) is 0 Å². The summed E-state index contributed by atoms with van der Waals surface area (Å²) in [4.78, 5) is 15.7. The van der Waals surface area contributed by atoms with Crippen molar-refractivity contribution in [3.05, 3.63) is 0 Å². The van der Waals surface area contributed by atoms with Crippen LogP contribution in [0.2, 0.25) is 0 Å². The predicted molar refractivity (Wildman–Crippen MR) is 61.7 cm³/mol. The molecule has 1 unspecified atom stereocenters. The number of carbonyl (C=O) groups is 1. The summed E-state index contributed by atoms with van der Waals surface area (Å²) in [5, 5.41) is 0.765. The van der Waals surface area contributed by atoms with Crippen LogP contribution >= 0.6 is 15.9 Å². The lowest BCUT2D eigenvalue weighted by Crippen LogP contribution is -2.32. The molecule has 14 heavy (non-hydrogen) atoms. The zero-order valence-electron chi connectivity index (χ0n) is 9.00. The van der Waals surface area contributed by atoms with E-state index in [0.717, 1.165) is 18.4 Å². The molecule has 0 radical (unpaired) electrons. The van der Waals surface area contributed by atoms with Crippen molar-refractivity contribution < 1.29 is 4.79 Å². The summed E-state index contributed by atoms with van der Waals surface area (Å²) in [6, 6.07) is 0. The van der Waals surface area contributed by atoms with Gasteiger partial charge in [0.1, 0.15) is 0 Å². The minimum absolute atomic E-state index is 0.247. The molecule has 1 atom stereocenters. The second-order valence-electron chi connectivity index (χ2n) is 4.13. The summed E-state index contributed by atoms with van der Waals surface area (Å²) in [6.45, 7) is 3.22. The molecule has 0 saturated carbocycles. The zero-order chi connectivity index (χ0) is 10.6. The topological polar surface area (TPSA) is 23.6 Å². The summed E-state index contributed by atoms with van der Waals surface area (Å²) in [5.41, 5.74) is 0. The Morgan fingerprint density at radius 2 is 2.36 bits per heavy atom. The first-order valence-corrected chi connectivity index (χ1v) is 6.24. The molecule has 1 aliphatic rings. The molecule has 0 spiro atoms. The van der Waals surface area contributed by atoms with Crippen LogP contribution in [0.3, 0.4) is 0 Å². The first-order chi connectivity index (χ1) is 6.63. The number of alkyl halides is 1. The first-order valence-electron chi connectivity index (χ1n) is 5.12. The van der Waals surface area contributed by atoms with Gasteiger partial charge in [-0.3, -0.25) is 4.79 Å². The van der Waals surface area contributed by atoms with Crippen LogP contribution < -0.4 is 0 Å². The van der Waals surface area contributed by atoms with Crippen molar-refractivity contribution >= 4 is 21.8 Å². The zero-order valence-corrected chi connectivity index (χ0v) is 10.6. The molecule has 0 aromatic heterocycles. The highest BCUT2D eigenvalue weighted by Crippen LogP contribution is 2.15. The van der Waals surface area contributed by atoms with E-state index < -0.39 is 0 Å². The molecule has 1 aliphatic heterocycles. The third-order valence-electron chi connectivity index (χ3n) is 2.76. The molecule has 1 fully saturated rings. The number of carbonyl (C=O) groups excluding carboxylic acids is 1. The third-order valence-corrected chi connectivity index (χ3v) is 3.15. The highest BCUT2D eigenvalue weighted by molar-refractivity contribution is 9.09. The fourth-order valence-electron chi connectivity index (χ4n) is 1.94. The standard InChI is InChI=1S/C10H19BrN2O/c1-12-6-4-9(7-12)8-13(2)10(14)3-5-11/h9H,3-8H2,1-2H3. The van der Waals surface area contributed by atoms with Crippen molar-refractivity contribution in [3.63, 3.8) is 0 Å². The van der Waals surface area contributed by atoms with Crippen molar-refractivity contribution in [2.45, 2.75) is 12.8 Å². The number of rotatable bonds is 4. The van der Waals surface area contributed by atoms with Crippen LogP contribution in [0.15, 0.2) is 0 Å². The smallest absolute Gasteiger partial charge is 0.223 e. The van der Waals surface area contributed by atoms with Crippen LogP contribution in [-0.2, 0) is 4.79 Å². The Morgan fingerprint density at radius 1 is 1.64 bits per heavy atom. The van der Waals surface area contributed by atoms with Crippen molar-refractivity contribution in [1.82, 2.24) is 9.80 Å². The van der Waals surface area contributed by atoms with Crippen molar-refractivity contribution in [1.29, 1.82) is 0 Å². The van der Waals surface area contributed by atoms with Crippen LogP contribution in [0, 0.1) is 5.92 Å². The van der Waals surface area contributed by atoms with Gasteiger partial charge in [-0.1, -0.05) is 15.9 Å². The van der Waals surface area contributed by atoms with Crippen molar-refractivity contribution in [3.8, 4) is 0 Å². The van der Waals surface area contributed by atoms with Gasteiger partial charge in [0.2, 0.25) is 5.91 Å². The quantitative estimate of drug-likeness (QED) is 0.711. The minimum Gasteiger partial charge on any atom is -0.345 e. The van der Waals surface area contributed by atoms with E-state index in [1.54, 1.807) is 0 Å². The number of hydrogen-bond donors (Lipinski definition) is 0. The van der Waals surface area contributed by atoms with Crippen molar-refractivity contribution in [2.24, 2.45) is 5.92 Å². The van der Waals surface area contributed by atoms with Crippen LogP contribution in [0.1, 0.15) is 12.8 Å². The monoisotopic (exact) mass is 262 g/mol. The Morgan fingerprint density at radius 3 is 2.86 bits per heavy atom. The molecule has 82 valence electrons. The van der Waals surface area contributed by atoms with Crippen molar-refractivity contribution in [2.75, 3.05) is 39.1 Å². The summed E-state index contributed by atoms with van der Waals surface area (Å²) in [6.07, 6.45) is 1.83. The number of amides is 1. The maximum absolute atomic E-state index is 11.5. The van der Waals surface area contributed by atoms with E-state index in [1.165, 1.54) is 13.0 Å². The molecular formula is C10H19BrN2O. The van der Waals surface area contributed by atoms with Gasteiger partial charge in [0.05, 0.1) is 0 Å². The van der Waals surface area contributed by atoms with E-state index in [9.17, 15) is 4.79 Å². The molecular weight excluding hydrogens is 244 g/mol. The first kappa shape index (κ1) is 12.0. The Kier molecular flexibility index (Phi) is 4.89. The maximum Gasteiger partial charge on any atom is 0.223 e. The second-order valence-corrected chi connectivity index (χ2v) is 4.92. The normalized spacial score (nSPS) is 22.6. The van der Waals surface area contributed by atoms with Crippen LogP contribution in [0.4, 0.5) is 0 Å². The van der Waals surface area contributed by atoms with Gasteiger partial charge in [0, 0.05) is 31.9 Å². The van der Waals surface area contributed by atoms with Gasteiger partial charge in [0.25, 0.3) is 0 Å². The highest BCUT2D eigenvalue weighted by atomic mass is 79.9. The van der Waals surface area contributed by atoms with E-state index in [1.807, 2.05) is 11.9 Å². The Hall–Kier alpha value is -0.0900. The lowest BCUT2D eigenvalue weighted by atomic mass is 10.1. The summed E-state index contributed by atoms with van der Waals surface area (Å²) >= 11 is 3.28. The number of halogens is 1. The van der Waals surface area contributed by atoms with Gasteiger partial charge >= 0.3 is 0 Å². The summed E-state index contributed by atoms with van der Waals surface area (Å²) < 4.78 is 0. The average molecular weight is 263 g/mol. The van der Waals surface area contributed by atoms with E-state index in [-0.39, 0.29) is 5.91 Å². The van der Waals surface area contributed by atoms with Gasteiger partial charge in [0.15, 0.2) is 0 Å². The highest BCUT2D eigenvalue weighted by Gasteiger charge is 2.22. The van der Waals surface area contributed by atoms with E-state index in [0.29, 0.717) is 12.3 Å². The van der Waals surface area contributed by atoms with Crippen LogP contribution in [-0.4, -0.2) is 54.8 Å². The van der Waals surface area contributed by atoms with Crippen LogP contribution in [0.25, 0.3) is 0 Å². The largest absolute Gasteiger partial charge is 0.345 e. The number of hydrogen-bond acceptors (Lipinski definition) is 2. The van der Waals surface area contributed by atoms with Gasteiger partial charge in [-0.25, -0.2) is 0 Å². The van der Waals surface area contributed by atoms with E-state index in [2.05, 4.69) is 27.9 Å². The lowest BCUT2D eigenvalue weighted by Gasteiger charge is -2.20. The maximum atomic E-state index is 11.5. The Balaban J connectivity index is 2.26. The lowest BCUT2D eigenvalue weighted by molar-refractivity contribution is -0.129. The third kappa shape index (κ3) is 3.58. The second kappa shape index (κ2) is 5.71. The Bertz CT molecular complexity index is 199. The van der Waals surface area contributed by atoms with Gasteiger partial charge in [-0.05, 0) is 25.9 Å². The fourth-order valence-corrected chi connectivity index (χ4v) is 2.28. The molecule has 0 N–H and O–H groups in total. The average Bonchev–Trinajstić information content (AvgIpc) is 2.51. The number of likely N-dealkylation sites (tertiary alicyclic amines) is 1. The molecule has 1 rings (SSSR count). The van der Waals surface area contributed by atoms with E-state index >= 15 is 0 Å². The molecule has 0 bridgehead atoms. The molecule has 1 saturated heterocycles. The molecule has 0 aliphatic carbocycles. The molecule has 3 nitrogen and oxygen atoms in total. The predicted octanol–water partition coefficient (Wildman–Crippen LogP) is 1.18. The molecule has 1 heterocycles. The summed E-state index contributed by atoms with van der Waals surface area (Å²) in [5.74, 6) is 0.917.